The number of carbonyl (C=O) groups is 1. The summed E-state index contributed by atoms with van der Waals surface area (Å²) in [6.07, 6.45) is -3.52. The van der Waals surface area contributed by atoms with Crippen molar-refractivity contribution < 1.29 is 22.7 Å². The summed E-state index contributed by atoms with van der Waals surface area (Å²) < 4.78 is 48.8. The maximum atomic E-state index is 14.0. The molecule has 44 heavy (non-hydrogen) atoms. The molecule has 5 rings (SSSR count). The van der Waals surface area contributed by atoms with Crippen LogP contribution in [0.2, 0.25) is 5.02 Å². The second-order valence-electron chi connectivity index (χ2n) is 12.2. The summed E-state index contributed by atoms with van der Waals surface area (Å²) in [7, 11) is 0. The van der Waals surface area contributed by atoms with Gasteiger partial charge in [-0.25, -0.2) is 9.78 Å². The smallest absolute Gasteiger partial charge is 0.416 e. The van der Waals surface area contributed by atoms with Crippen LogP contribution in [0.5, 0.6) is 0 Å². The first-order valence-corrected chi connectivity index (χ1v) is 16.0. The van der Waals surface area contributed by atoms with Crippen molar-refractivity contribution in [3.8, 4) is 0 Å². The molecule has 0 N–H and O–H groups in total. The standard InChI is InChI=1S/C31H37ClF3N5O3S/c1-5-44-26-7-6-23(32)13-20(26)16-40-19-36-27-21(12-22(31(33,34)35)14-25(27)28(40)41)15-37-8-10-38(11-9-37)24-17-39(18-24)29(42)43-30(2,3)4/h6-7,12-14,19,24H,5,8-11,15-18H2,1-4H3. The van der Waals surface area contributed by atoms with Gasteiger partial charge in [-0.3, -0.25) is 19.2 Å². The number of likely N-dealkylation sites (tertiary alicyclic amines) is 1. The molecule has 1 aromatic heterocycles. The average Bonchev–Trinajstić information content (AvgIpc) is 2.90. The number of fused-ring (bicyclic) bond motifs is 1. The molecule has 2 saturated heterocycles. The van der Waals surface area contributed by atoms with Crippen LogP contribution in [0.25, 0.3) is 10.9 Å². The van der Waals surface area contributed by atoms with E-state index in [-0.39, 0.29) is 36.1 Å². The predicted molar refractivity (Wildman–Crippen MR) is 166 cm³/mol. The monoisotopic (exact) mass is 651 g/mol. The number of rotatable bonds is 7. The van der Waals surface area contributed by atoms with Crippen molar-refractivity contribution in [2.24, 2.45) is 0 Å². The van der Waals surface area contributed by atoms with Gasteiger partial charge in [0.15, 0.2) is 0 Å². The molecular weight excluding hydrogens is 615 g/mol. The van der Waals surface area contributed by atoms with Gasteiger partial charge < -0.3 is 9.64 Å². The van der Waals surface area contributed by atoms with Crippen molar-refractivity contribution in [3.05, 3.63) is 68.7 Å². The molecule has 3 heterocycles. The Morgan fingerprint density at radius 1 is 1.05 bits per heavy atom. The third kappa shape index (κ3) is 7.52. The van der Waals surface area contributed by atoms with Crippen molar-refractivity contribution in [3.63, 3.8) is 0 Å². The van der Waals surface area contributed by atoms with Gasteiger partial charge >= 0.3 is 12.3 Å². The molecule has 2 fully saturated rings. The van der Waals surface area contributed by atoms with E-state index < -0.39 is 22.9 Å². The lowest BCUT2D eigenvalue weighted by Gasteiger charge is -2.48. The van der Waals surface area contributed by atoms with E-state index in [1.54, 1.807) is 28.8 Å². The van der Waals surface area contributed by atoms with Gasteiger partial charge in [0.1, 0.15) is 5.60 Å². The third-order valence-electron chi connectivity index (χ3n) is 7.83. The fraction of sp³-hybridized carbons (Fsp3) is 0.516. The van der Waals surface area contributed by atoms with Crippen molar-refractivity contribution in [2.45, 2.75) is 63.5 Å². The van der Waals surface area contributed by atoms with E-state index in [1.807, 2.05) is 33.8 Å². The van der Waals surface area contributed by atoms with Gasteiger partial charge in [-0.15, -0.1) is 11.8 Å². The van der Waals surface area contributed by atoms with Gasteiger partial charge in [0.05, 0.1) is 29.3 Å². The van der Waals surface area contributed by atoms with Crippen molar-refractivity contribution in [2.75, 3.05) is 45.0 Å². The molecule has 0 spiro atoms. The van der Waals surface area contributed by atoms with Crippen LogP contribution in [0.1, 0.15) is 44.4 Å². The van der Waals surface area contributed by atoms with Crippen LogP contribution in [0.4, 0.5) is 18.0 Å². The number of hydrogen-bond acceptors (Lipinski definition) is 7. The Balaban J connectivity index is 1.32. The summed E-state index contributed by atoms with van der Waals surface area (Å²) >= 11 is 7.82. The molecular formula is C31H37ClF3N5O3S. The molecule has 0 atom stereocenters. The zero-order valence-corrected chi connectivity index (χ0v) is 26.9. The Bertz CT molecular complexity index is 1580. The minimum absolute atomic E-state index is 0.0561. The number of piperazine rings is 1. The number of halogens is 4. The SMILES string of the molecule is CCSc1ccc(Cl)cc1Cn1cnc2c(CN3CCN(C4CN(C(=O)OC(C)(C)C)C4)CC3)cc(C(F)(F)F)cc2c1=O. The zero-order chi connectivity index (χ0) is 31.8. The van der Waals surface area contributed by atoms with Crippen LogP contribution in [0.15, 0.2) is 46.3 Å². The Kier molecular flexibility index (Phi) is 9.55. The zero-order valence-electron chi connectivity index (χ0n) is 25.3. The minimum Gasteiger partial charge on any atom is -0.444 e. The van der Waals surface area contributed by atoms with E-state index in [0.717, 1.165) is 41.4 Å². The molecule has 0 bridgehead atoms. The molecule has 0 saturated carbocycles. The fourth-order valence-corrected chi connectivity index (χ4v) is 6.56. The molecule has 13 heteroatoms. The Labute approximate surface area is 264 Å². The normalized spacial score (nSPS) is 17.2. The fourth-order valence-electron chi connectivity index (χ4n) is 5.58. The number of aromatic nitrogens is 2. The number of thioether (sulfide) groups is 1. The Morgan fingerprint density at radius 3 is 2.39 bits per heavy atom. The highest BCUT2D eigenvalue weighted by Crippen LogP contribution is 2.33. The molecule has 0 unspecified atom stereocenters. The van der Waals surface area contributed by atoms with Crippen LogP contribution in [-0.4, -0.2) is 87.0 Å². The van der Waals surface area contributed by atoms with Crippen molar-refractivity contribution >= 4 is 40.4 Å². The van der Waals surface area contributed by atoms with E-state index in [4.69, 9.17) is 16.3 Å². The number of amides is 1. The van der Waals surface area contributed by atoms with Crippen LogP contribution >= 0.6 is 23.4 Å². The summed E-state index contributed by atoms with van der Waals surface area (Å²) in [6, 6.07) is 7.68. The maximum Gasteiger partial charge on any atom is 0.416 e. The van der Waals surface area contributed by atoms with Gasteiger partial charge in [-0.1, -0.05) is 18.5 Å². The average molecular weight is 652 g/mol. The van der Waals surface area contributed by atoms with E-state index in [1.165, 1.54) is 10.9 Å². The largest absolute Gasteiger partial charge is 0.444 e. The van der Waals surface area contributed by atoms with Crippen molar-refractivity contribution in [1.82, 2.24) is 24.3 Å². The topological polar surface area (TPSA) is 70.9 Å². The summed E-state index contributed by atoms with van der Waals surface area (Å²) in [6.45, 7) is 11.8. The molecule has 2 aliphatic rings. The van der Waals surface area contributed by atoms with Gasteiger partial charge in [0, 0.05) is 61.8 Å². The highest BCUT2D eigenvalue weighted by Gasteiger charge is 2.38. The maximum absolute atomic E-state index is 14.0. The van der Waals surface area contributed by atoms with Crippen LogP contribution in [-0.2, 0) is 24.0 Å². The number of alkyl halides is 3. The quantitative estimate of drug-likeness (QED) is 0.292. The predicted octanol–water partition coefficient (Wildman–Crippen LogP) is 5.97. The summed E-state index contributed by atoms with van der Waals surface area (Å²) in [5.74, 6) is 0.817. The van der Waals surface area contributed by atoms with Gasteiger partial charge in [0.2, 0.25) is 0 Å². The summed E-state index contributed by atoms with van der Waals surface area (Å²) in [5.41, 5.74) is -0.480. The first-order chi connectivity index (χ1) is 20.7. The van der Waals surface area contributed by atoms with Gasteiger partial charge in [0.25, 0.3) is 5.56 Å². The van der Waals surface area contributed by atoms with E-state index in [2.05, 4.69) is 14.8 Å². The molecule has 8 nitrogen and oxygen atoms in total. The van der Waals surface area contributed by atoms with Crippen LogP contribution < -0.4 is 5.56 Å². The number of ether oxygens (including phenoxy) is 1. The number of carbonyl (C=O) groups excluding carboxylic acids is 1. The second kappa shape index (κ2) is 12.9. The lowest BCUT2D eigenvalue weighted by Crippen LogP contribution is -2.64. The third-order valence-corrected chi connectivity index (χ3v) is 9.06. The van der Waals surface area contributed by atoms with Gasteiger partial charge in [-0.05, 0) is 68.0 Å². The highest BCUT2D eigenvalue weighted by atomic mass is 35.5. The molecule has 2 aliphatic heterocycles. The first kappa shape index (κ1) is 32.6. The molecule has 238 valence electrons. The Hall–Kier alpha value is -2.80. The van der Waals surface area contributed by atoms with Crippen LogP contribution in [0, 0.1) is 0 Å². The highest BCUT2D eigenvalue weighted by molar-refractivity contribution is 7.99. The number of hydrogen-bond donors (Lipinski definition) is 0. The minimum atomic E-state index is -4.61. The number of nitrogens with zero attached hydrogens (tertiary/aromatic N) is 5. The van der Waals surface area contributed by atoms with Crippen LogP contribution in [0.3, 0.4) is 0 Å². The molecule has 0 aliphatic carbocycles. The molecule has 2 aromatic carbocycles. The molecule has 3 aromatic rings. The number of benzene rings is 2. The van der Waals surface area contributed by atoms with E-state index >= 15 is 0 Å². The lowest BCUT2D eigenvalue weighted by molar-refractivity contribution is -0.137. The summed E-state index contributed by atoms with van der Waals surface area (Å²) in [4.78, 5) is 37.4. The van der Waals surface area contributed by atoms with E-state index in [0.29, 0.717) is 36.8 Å². The van der Waals surface area contributed by atoms with Gasteiger partial charge in [-0.2, -0.15) is 13.2 Å². The first-order valence-electron chi connectivity index (χ1n) is 14.7. The molecule has 0 radical (unpaired) electrons. The summed E-state index contributed by atoms with van der Waals surface area (Å²) in [5, 5.41) is 0.459. The Morgan fingerprint density at radius 2 is 1.75 bits per heavy atom. The molecule has 1 amide bonds. The van der Waals surface area contributed by atoms with E-state index in [9.17, 15) is 22.8 Å². The van der Waals surface area contributed by atoms with Crippen molar-refractivity contribution in [1.29, 1.82) is 0 Å². The second-order valence-corrected chi connectivity index (χ2v) is 14.0. The lowest BCUT2D eigenvalue weighted by atomic mass is 10.0.